The zero-order chi connectivity index (χ0) is 15.6. The molecule has 1 aromatic heterocycles. The predicted molar refractivity (Wildman–Crippen MR) is 70.3 cm³/mol. The molecule has 0 unspecified atom stereocenters. The fourth-order valence-corrected chi connectivity index (χ4v) is 1.76. The molecule has 110 valence electrons. The van der Waals surface area contributed by atoms with Gasteiger partial charge in [-0.3, -0.25) is 0 Å². The molecule has 1 aromatic carbocycles. The molecule has 21 heavy (non-hydrogen) atoms. The highest BCUT2D eigenvalue weighted by atomic mass is 19.2. The van der Waals surface area contributed by atoms with Gasteiger partial charge in [0.1, 0.15) is 11.6 Å². The molecule has 5 nitrogen and oxygen atoms in total. The van der Waals surface area contributed by atoms with Crippen LogP contribution in [0.1, 0.15) is 0 Å². The van der Waals surface area contributed by atoms with Gasteiger partial charge in [0.15, 0.2) is 17.5 Å². The van der Waals surface area contributed by atoms with Gasteiger partial charge in [0.25, 0.3) is 0 Å². The van der Waals surface area contributed by atoms with E-state index in [9.17, 15) is 18.1 Å². The minimum absolute atomic E-state index is 0.00292. The van der Waals surface area contributed by atoms with E-state index in [0.29, 0.717) is 0 Å². The monoisotopic (exact) mass is 297 g/mol. The summed E-state index contributed by atoms with van der Waals surface area (Å²) in [7, 11) is 2.56. The summed E-state index contributed by atoms with van der Waals surface area (Å²) < 4.78 is 45.4. The van der Waals surface area contributed by atoms with Gasteiger partial charge in [-0.1, -0.05) is 0 Å². The van der Waals surface area contributed by atoms with Gasteiger partial charge in [0.2, 0.25) is 0 Å². The standard InChI is InChI=1S/C13H10F3N3O2/c1-19(18-20)13-4-7(11(16)6-17-13)8-3-9(14)10(15)5-12(8)21-2/h3-6H,1-2H3. The van der Waals surface area contributed by atoms with E-state index in [1.54, 1.807) is 0 Å². The Hall–Kier alpha value is -2.64. The van der Waals surface area contributed by atoms with E-state index in [4.69, 9.17) is 4.74 Å². The number of aromatic nitrogens is 1. The molecule has 0 fully saturated rings. The summed E-state index contributed by atoms with van der Waals surface area (Å²) in [6, 6.07) is 2.81. The number of pyridine rings is 1. The van der Waals surface area contributed by atoms with E-state index < -0.39 is 17.5 Å². The lowest BCUT2D eigenvalue weighted by molar-refractivity contribution is 0.408. The largest absolute Gasteiger partial charge is 0.496 e. The molecule has 0 spiro atoms. The highest BCUT2D eigenvalue weighted by Crippen LogP contribution is 2.34. The lowest BCUT2D eigenvalue weighted by atomic mass is 10.0. The van der Waals surface area contributed by atoms with Crippen molar-refractivity contribution in [3.8, 4) is 16.9 Å². The first-order valence-electron chi connectivity index (χ1n) is 5.74. The Morgan fingerprint density at radius 3 is 2.38 bits per heavy atom. The van der Waals surface area contributed by atoms with Crippen molar-refractivity contribution in [2.24, 2.45) is 5.29 Å². The highest BCUT2D eigenvalue weighted by molar-refractivity contribution is 5.73. The Balaban J connectivity index is 2.65. The van der Waals surface area contributed by atoms with Crippen LogP contribution in [0.25, 0.3) is 11.1 Å². The minimum atomic E-state index is -1.15. The van der Waals surface area contributed by atoms with E-state index in [-0.39, 0.29) is 22.7 Å². The second kappa shape index (κ2) is 5.78. The third-order valence-corrected chi connectivity index (χ3v) is 2.83. The predicted octanol–water partition coefficient (Wildman–Crippen LogP) is 3.29. The van der Waals surface area contributed by atoms with Gasteiger partial charge in [0, 0.05) is 24.2 Å². The molecule has 2 rings (SSSR count). The van der Waals surface area contributed by atoms with Gasteiger partial charge >= 0.3 is 0 Å². The number of nitroso groups, excluding NO2 is 1. The smallest absolute Gasteiger partial charge is 0.162 e. The number of anilines is 1. The number of hydrogen-bond donors (Lipinski definition) is 0. The average molecular weight is 297 g/mol. The van der Waals surface area contributed by atoms with Crippen molar-refractivity contribution < 1.29 is 17.9 Å². The minimum Gasteiger partial charge on any atom is -0.496 e. The summed E-state index contributed by atoms with van der Waals surface area (Å²) in [4.78, 5) is 14.1. The number of benzene rings is 1. The first kappa shape index (κ1) is 14.8. The fourth-order valence-electron chi connectivity index (χ4n) is 1.76. The number of nitrogens with zero attached hydrogens (tertiary/aromatic N) is 3. The van der Waals surface area contributed by atoms with Crippen LogP contribution in [-0.2, 0) is 0 Å². The molecule has 0 bridgehead atoms. The summed E-state index contributed by atoms with van der Waals surface area (Å²) in [5.41, 5.74) is -0.0944. The Morgan fingerprint density at radius 2 is 1.76 bits per heavy atom. The summed E-state index contributed by atoms with van der Waals surface area (Å²) >= 11 is 0. The fraction of sp³-hybridized carbons (Fsp3) is 0.154. The number of hydrogen-bond acceptors (Lipinski definition) is 4. The van der Waals surface area contributed by atoms with E-state index >= 15 is 0 Å². The summed E-state index contributed by atoms with van der Waals surface area (Å²) in [6.07, 6.45) is 0.854. The molecule has 2 aromatic rings. The van der Waals surface area contributed by atoms with Gasteiger partial charge in [-0.2, -0.15) is 0 Å². The van der Waals surface area contributed by atoms with Crippen LogP contribution in [0.15, 0.2) is 29.7 Å². The first-order valence-corrected chi connectivity index (χ1v) is 5.74. The molecule has 8 heteroatoms. The molecule has 0 aliphatic heterocycles. The molecular formula is C13H10F3N3O2. The van der Waals surface area contributed by atoms with E-state index in [0.717, 1.165) is 23.3 Å². The van der Waals surface area contributed by atoms with E-state index in [1.807, 2.05) is 0 Å². The third kappa shape index (κ3) is 2.78. The van der Waals surface area contributed by atoms with Crippen molar-refractivity contribution in [2.75, 3.05) is 19.2 Å². The third-order valence-electron chi connectivity index (χ3n) is 2.83. The summed E-state index contributed by atoms with van der Waals surface area (Å²) in [6.45, 7) is 0. The molecule has 0 amide bonds. The molecule has 0 aliphatic rings. The van der Waals surface area contributed by atoms with Crippen LogP contribution >= 0.6 is 0 Å². The molecular weight excluding hydrogens is 287 g/mol. The van der Waals surface area contributed by atoms with Crippen molar-refractivity contribution in [1.82, 2.24) is 4.98 Å². The van der Waals surface area contributed by atoms with Gasteiger partial charge in [-0.25, -0.2) is 23.2 Å². The lowest BCUT2D eigenvalue weighted by Gasteiger charge is -2.13. The SMILES string of the molecule is COc1cc(F)c(F)cc1-c1cc(N(C)N=O)ncc1F. The zero-order valence-electron chi connectivity index (χ0n) is 11.1. The zero-order valence-corrected chi connectivity index (χ0v) is 11.1. The van der Waals surface area contributed by atoms with Gasteiger partial charge < -0.3 is 4.74 Å². The topological polar surface area (TPSA) is 54.8 Å². The number of halogens is 3. The van der Waals surface area contributed by atoms with Crippen molar-refractivity contribution in [1.29, 1.82) is 0 Å². The quantitative estimate of drug-likeness (QED) is 0.642. The molecule has 0 radical (unpaired) electrons. The van der Waals surface area contributed by atoms with Crippen LogP contribution < -0.4 is 9.75 Å². The Labute approximate surface area is 117 Å². The van der Waals surface area contributed by atoms with Crippen molar-refractivity contribution in [3.63, 3.8) is 0 Å². The Morgan fingerprint density at radius 1 is 1.10 bits per heavy atom. The van der Waals surface area contributed by atoms with Crippen molar-refractivity contribution >= 4 is 5.82 Å². The van der Waals surface area contributed by atoms with Crippen LogP contribution in [-0.4, -0.2) is 19.1 Å². The molecule has 0 saturated heterocycles. The lowest BCUT2D eigenvalue weighted by Crippen LogP contribution is -2.09. The number of methoxy groups -OCH3 is 1. The van der Waals surface area contributed by atoms with E-state index in [1.165, 1.54) is 20.2 Å². The maximum Gasteiger partial charge on any atom is 0.162 e. The van der Waals surface area contributed by atoms with Crippen LogP contribution in [0.3, 0.4) is 0 Å². The number of rotatable bonds is 4. The summed E-state index contributed by atoms with van der Waals surface area (Å²) in [5.74, 6) is -3.04. The highest BCUT2D eigenvalue weighted by Gasteiger charge is 2.17. The maximum atomic E-state index is 13.9. The second-order valence-corrected chi connectivity index (χ2v) is 4.09. The van der Waals surface area contributed by atoms with Crippen LogP contribution in [0, 0.1) is 22.4 Å². The van der Waals surface area contributed by atoms with Crippen molar-refractivity contribution in [3.05, 3.63) is 46.8 Å². The van der Waals surface area contributed by atoms with Crippen LogP contribution in [0.5, 0.6) is 5.75 Å². The summed E-state index contributed by atoms with van der Waals surface area (Å²) in [5, 5.41) is 3.50. The van der Waals surface area contributed by atoms with E-state index in [2.05, 4.69) is 10.3 Å². The normalized spacial score (nSPS) is 10.3. The molecule has 0 N–H and O–H groups in total. The van der Waals surface area contributed by atoms with Crippen LogP contribution in [0.2, 0.25) is 0 Å². The molecule has 0 atom stereocenters. The second-order valence-electron chi connectivity index (χ2n) is 4.09. The van der Waals surface area contributed by atoms with Gasteiger partial charge in [0.05, 0.1) is 18.6 Å². The first-order chi connectivity index (χ1) is 9.97. The van der Waals surface area contributed by atoms with Crippen molar-refractivity contribution in [2.45, 2.75) is 0 Å². The number of ether oxygens (including phenoxy) is 1. The molecule has 0 saturated carbocycles. The molecule has 1 heterocycles. The van der Waals surface area contributed by atoms with Crippen LogP contribution in [0.4, 0.5) is 19.0 Å². The Bertz CT molecular complexity index is 695. The molecule has 0 aliphatic carbocycles. The van der Waals surface area contributed by atoms with Gasteiger partial charge in [-0.15, -0.1) is 4.91 Å². The maximum absolute atomic E-state index is 13.9. The Kier molecular flexibility index (Phi) is 4.06. The van der Waals surface area contributed by atoms with Gasteiger partial charge in [-0.05, 0) is 12.1 Å². The average Bonchev–Trinajstić information content (AvgIpc) is 2.49.